The van der Waals surface area contributed by atoms with Crippen LogP contribution in [0.5, 0.6) is 0 Å². The molecule has 2 aromatic rings. The maximum atomic E-state index is 4.66. The van der Waals surface area contributed by atoms with Crippen molar-refractivity contribution in [3.05, 3.63) is 10.9 Å². The summed E-state index contributed by atoms with van der Waals surface area (Å²) in [5.74, 6) is 2.47. The molecule has 2 heterocycles. The van der Waals surface area contributed by atoms with Gasteiger partial charge in [0.2, 0.25) is 5.95 Å². The van der Waals surface area contributed by atoms with E-state index in [1.165, 1.54) is 11.3 Å². The number of thiophene rings is 1. The molecule has 21 heavy (non-hydrogen) atoms. The molecule has 4 nitrogen and oxygen atoms in total. The summed E-state index contributed by atoms with van der Waals surface area (Å²) in [6.07, 6.45) is 2.35. The van der Waals surface area contributed by atoms with Crippen LogP contribution in [0.4, 0.5) is 11.8 Å². The molecule has 1 aliphatic rings. The van der Waals surface area contributed by atoms with Gasteiger partial charge in [0.25, 0.3) is 0 Å². The maximum absolute atomic E-state index is 4.66. The van der Waals surface area contributed by atoms with Crippen LogP contribution in [0.25, 0.3) is 10.2 Å². The van der Waals surface area contributed by atoms with Crippen molar-refractivity contribution in [2.24, 2.45) is 11.3 Å². The van der Waals surface area contributed by atoms with Crippen LogP contribution >= 0.6 is 11.3 Å². The van der Waals surface area contributed by atoms with Crippen molar-refractivity contribution in [3.63, 3.8) is 0 Å². The molecule has 0 saturated heterocycles. The van der Waals surface area contributed by atoms with E-state index >= 15 is 0 Å². The number of aryl methyl sites for hydroxylation is 1. The molecule has 1 aliphatic carbocycles. The summed E-state index contributed by atoms with van der Waals surface area (Å²) < 4.78 is 0. The first-order chi connectivity index (χ1) is 10.0. The third kappa shape index (κ3) is 2.98. The molecule has 114 valence electrons. The minimum absolute atomic E-state index is 0.493. The van der Waals surface area contributed by atoms with Crippen LogP contribution in [0, 0.1) is 11.3 Å². The zero-order valence-corrected chi connectivity index (χ0v) is 14.1. The highest BCUT2D eigenvalue weighted by molar-refractivity contribution is 7.18. The monoisotopic (exact) mass is 304 g/mol. The lowest BCUT2D eigenvalue weighted by molar-refractivity contribution is 0.573. The zero-order chi connectivity index (χ0) is 15.0. The number of nitrogens with one attached hydrogen (secondary N) is 2. The summed E-state index contributed by atoms with van der Waals surface area (Å²) in [4.78, 5) is 11.7. The van der Waals surface area contributed by atoms with Crippen LogP contribution in [0.3, 0.4) is 0 Å². The van der Waals surface area contributed by atoms with E-state index in [1.807, 2.05) is 0 Å². The summed E-state index contributed by atoms with van der Waals surface area (Å²) in [6, 6.07) is 2.23. The third-order valence-electron chi connectivity index (χ3n) is 4.36. The molecule has 1 unspecified atom stereocenters. The zero-order valence-electron chi connectivity index (χ0n) is 13.3. The van der Waals surface area contributed by atoms with Crippen LogP contribution in [0.15, 0.2) is 6.07 Å². The van der Waals surface area contributed by atoms with Crippen molar-refractivity contribution in [3.8, 4) is 0 Å². The largest absolute Gasteiger partial charge is 0.369 e. The van der Waals surface area contributed by atoms with Gasteiger partial charge in [0, 0.05) is 18.0 Å². The number of nitrogens with zero attached hydrogens (tertiary/aromatic N) is 2. The fraction of sp³-hybridized carbons (Fsp3) is 0.625. The second-order valence-electron chi connectivity index (χ2n) is 6.48. The van der Waals surface area contributed by atoms with Crippen LogP contribution in [0.1, 0.15) is 39.0 Å². The van der Waals surface area contributed by atoms with Gasteiger partial charge in [0.15, 0.2) is 0 Å². The first kappa shape index (κ1) is 14.6. The molecule has 0 radical (unpaired) electrons. The molecule has 1 saturated carbocycles. The predicted molar refractivity (Wildman–Crippen MR) is 91.3 cm³/mol. The Morgan fingerprint density at radius 1 is 1.29 bits per heavy atom. The molecule has 1 fully saturated rings. The van der Waals surface area contributed by atoms with Crippen molar-refractivity contribution in [2.45, 2.75) is 40.5 Å². The van der Waals surface area contributed by atoms with E-state index in [0.717, 1.165) is 47.4 Å². The molecule has 5 heteroatoms. The van der Waals surface area contributed by atoms with Crippen LogP contribution < -0.4 is 10.6 Å². The lowest BCUT2D eigenvalue weighted by atomic mass is 10.1. The van der Waals surface area contributed by atoms with E-state index in [-0.39, 0.29) is 0 Å². The van der Waals surface area contributed by atoms with Gasteiger partial charge < -0.3 is 10.6 Å². The quantitative estimate of drug-likeness (QED) is 0.842. The van der Waals surface area contributed by atoms with Crippen molar-refractivity contribution < 1.29 is 0 Å². The first-order valence-corrected chi connectivity index (χ1v) is 8.63. The van der Waals surface area contributed by atoms with Gasteiger partial charge in [-0.05, 0) is 37.2 Å². The van der Waals surface area contributed by atoms with Gasteiger partial charge in [0.05, 0.1) is 5.39 Å². The van der Waals surface area contributed by atoms with Gasteiger partial charge in [-0.3, -0.25) is 0 Å². The van der Waals surface area contributed by atoms with Gasteiger partial charge in [-0.15, -0.1) is 11.3 Å². The van der Waals surface area contributed by atoms with E-state index in [4.69, 9.17) is 0 Å². The van der Waals surface area contributed by atoms with Gasteiger partial charge in [-0.25, -0.2) is 4.98 Å². The minimum Gasteiger partial charge on any atom is -0.369 e. The van der Waals surface area contributed by atoms with E-state index in [2.05, 4.69) is 54.4 Å². The topological polar surface area (TPSA) is 49.8 Å². The van der Waals surface area contributed by atoms with E-state index in [0.29, 0.717) is 5.41 Å². The summed E-state index contributed by atoms with van der Waals surface area (Å²) in [7, 11) is 0. The number of anilines is 2. The van der Waals surface area contributed by atoms with E-state index in [1.54, 1.807) is 11.3 Å². The Bertz CT molecular complexity index is 647. The molecule has 0 aromatic carbocycles. The molecule has 0 spiro atoms. The summed E-state index contributed by atoms with van der Waals surface area (Å²) in [5, 5.41) is 7.95. The lowest BCUT2D eigenvalue weighted by Gasteiger charge is -2.10. The standard InChI is InChI=1S/C16H24N4S/c1-5-11-7-12-13(18-9-10-8-16(10,3)4)19-15(17-6-2)20-14(12)21-11/h7,10H,5-6,8-9H2,1-4H3,(H2,17,18,19,20). The predicted octanol–water partition coefficient (Wildman–Crippen LogP) is 4.14. The van der Waals surface area contributed by atoms with Gasteiger partial charge >= 0.3 is 0 Å². The van der Waals surface area contributed by atoms with Gasteiger partial charge in [-0.1, -0.05) is 20.8 Å². The van der Waals surface area contributed by atoms with E-state index < -0.39 is 0 Å². The fourth-order valence-electron chi connectivity index (χ4n) is 2.66. The molecule has 2 aromatic heterocycles. The highest BCUT2D eigenvalue weighted by Gasteiger charge is 2.45. The number of aromatic nitrogens is 2. The Balaban J connectivity index is 1.88. The van der Waals surface area contributed by atoms with Crippen molar-refractivity contribution in [2.75, 3.05) is 23.7 Å². The van der Waals surface area contributed by atoms with Gasteiger partial charge in [-0.2, -0.15) is 4.98 Å². The van der Waals surface area contributed by atoms with Gasteiger partial charge in [0.1, 0.15) is 10.6 Å². The molecule has 0 bridgehead atoms. The minimum atomic E-state index is 0.493. The SMILES string of the molecule is CCNc1nc(NCC2CC2(C)C)c2cc(CC)sc2n1. The second-order valence-corrected chi connectivity index (χ2v) is 7.60. The average molecular weight is 304 g/mol. The van der Waals surface area contributed by atoms with Crippen molar-refractivity contribution in [1.82, 2.24) is 9.97 Å². The molecular formula is C16H24N4S. The van der Waals surface area contributed by atoms with Crippen molar-refractivity contribution >= 4 is 33.3 Å². The Labute approximate surface area is 130 Å². The molecule has 1 atom stereocenters. The summed E-state index contributed by atoms with van der Waals surface area (Å²) >= 11 is 1.77. The highest BCUT2D eigenvalue weighted by atomic mass is 32.1. The Kier molecular flexibility index (Phi) is 3.78. The maximum Gasteiger partial charge on any atom is 0.226 e. The fourth-order valence-corrected chi connectivity index (χ4v) is 3.63. The molecular weight excluding hydrogens is 280 g/mol. The number of hydrogen-bond acceptors (Lipinski definition) is 5. The number of rotatable bonds is 6. The molecule has 2 N–H and O–H groups in total. The molecule has 3 rings (SSSR count). The van der Waals surface area contributed by atoms with Crippen LogP contribution in [0.2, 0.25) is 0 Å². The summed E-state index contributed by atoms with van der Waals surface area (Å²) in [5.41, 5.74) is 0.493. The third-order valence-corrected chi connectivity index (χ3v) is 5.53. The van der Waals surface area contributed by atoms with Crippen LogP contribution in [-0.4, -0.2) is 23.1 Å². The first-order valence-electron chi connectivity index (χ1n) is 7.81. The van der Waals surface area contributed by atoms with E-state index in [9.17, 15) is 0 Å². The average Bonchev–Trinajstić information content (AvgIpc) is 2.86. The lowest BCUT2D eigenvalue weighted by Crippen LogP contribution is -2.10. The number of hydrogen-bond donors (Lipinski definition) is 2. The van der Waals surface area contributed by atoms with Crippen molar-refractivity contribution in [1.29, 1.82) is 0 Å². The Morgan fingerprint density at radius 3 is 2.67 bits per heavy atom. The second kappa shape index (κ2) is 5.44. The smallest absolute Gasteiger partial charge is 0.226 e. The highest BCUT2D eigenvalue weighted by Crippen LogP contribution is 2.51. The normalized spacial score (nSPS) is 19.7. The summed E-state index contributed by atoms with van der Waals surface area (Å²) in [6.45, 7) is 10.8. The Hall–Kier alpha value is -1.36. The molecule has 0 amide bonds. The Morgan fingerprint density at radius 2 is 2.05 bits per heavy atom. The molecule has 0 aliphatic heterocycles. The number of fused-ring (bicyclic) bond motifs is 1. The van der Waals surface area contributed by atoms with Crippen LogP contribution in [-0.2, 0) is 6.42 Å².